The van der Waals surface area contributed by atoms with E-state index in [2.05, 4.69) is 15.5 Å². The third kappa shape index (κ3) is 5.43. The molecule has 2 heterocycles. The topological polar surface area (TPSA) is 83.1 Å². The summed E-state index contributed by atoms with van der Waals surface area (Å²) in [5, 5.41) is 14.7. The van der Waals surface area contributed by atoms with Gasteiger partial charge in [0.2, 0.25) is 0 Å². The van der Waals surface area contributed by atoms with Crippen LogP contribution < -0.4 is 10.6 Å². The summed E-state index contributed by atoms with van der Waals surface area (Å²) in [7, 11) is 0. The van der Waals surface area contributed by atoms with Gasteiger partial charge in [0, 0.05) is 44.7 Å². The lowest BCUT2D eigenvalue weighted by Gasteiger charge is -2.37. The summed E-state index contributed by atoms with van der Waals surface area (Å²) < 4.78 is 10.9. The maximum Gasteiger partial charge on any atom is 0.314 e. The fraction of sp³-hybridized carbons (Fsp3) is 0.929. The molecule has 0 aromatic rings. The number of nitrogens with one attached hydrogen (secondary N) is 2. The number of hydrogen-bond donors (Lipinski definition) is 3. The molecule has 2 amide bonds. The van der Waals surface area contributed by atoms with Crippen molar-refractivity contribution in [3.8, 4) is 0 Å². The minimum atomic E-state index is -0.533. The molecule has 21 heavy (non-hydrogen) atoms. The van der Waals surface area contributed by atoms with Crippen molar-refractivity contribution in [3.63, 3.8) is 0 Å². The third-order valence-electron chi connectivity index (χ3n) is 4.05. The zero-order chi connectivity index (χ0) is 15.1. The number of carbonyl (C=O) groups is 1. The summed E-state index contributed by atoms with van der Waals surface area (Å²) in [6.07, 6.45) is 0.507. The van der Waals surface area contributed by atoms with Gasteiger partial charge in [-0.25, -0.2) is 4.79 Å². The molecule has 0 radical (unpaired) electrons. The molecule has 2 aliphatic rings. The Morgan fingerprint density at radius 2 is 1.95 bits per heavy atom. The number of aliphatic hydroxyl groups is 1. The van der Waals surface area contributed by atoms with Crippen LogP contribution in [0.5, 0.6) is 0 Å². The lowest BCUT2D eigenvalue weighted by atomic mass is 9.97. The van der Waals surface area contributed by atoms with E-state index in [1.807, 2.05) is 0 Å². The van der Waals surface area contributed by atoms with Gasteiger partial charge in [-0.15, -0.1) is 0 Å². The second kappa shape index (κ2) is 8.53. The molecule has 2 aliphatic heterocycles. The highest BCUT2D eigenvalue weighted by Gasteiger charge is 2.31. The predicted octanol–water partition coefficient (Wildman–Crippen LogP) is -0.596. The Bertz CT molecular complexity index is 315. The first kappa shape index (κ1) is 16.5. The number of nitrogens with zero attached hydrogens (tertiary/aromatic N) is 1. The van der Waals surface area contributed by atoms with E-state index in [1.165, 1.54) is 0 Å². The molecule has 7 heteroatoms. The Kier molecular flexibility index (Phi) is 6.69. The molecule has 2 saturated heterocycles. The molecule has 3 atom stereocenters. The summed E-state index contributed by atoms with van der Waals surface area (Å²) in [6.45, 7) is 7.37. The molecule has 0 aromatic heterocycles. The van der Waals surface area contributed by atoms with Gasteiger partial charge in [0.1, 0.15) is 0 Å². The fourth-order valence-electron chi connectivity index (χ4n) is 2.86. The summed E-state index contributed by atoms with van der Waals surface area (Å²) in [5.74, 6) is 0.458. The summed E-state index contributed by atoms with van der Waals surface area (Å²) >= 11 is 0. The van der Waals surface area contributed by atoms with Gasteiger partial charge in [-0.3, -0.25) is 4.90 Å². The van der Waals surface area contributed by atoms with Crippen molar-refractivity contribution in [1.82, 2.24) is 15.5 Å². The smallest absolute Gasteiger partial charge is 0.314 e. The van der Waals surface area contributed by atoms with E-state index in [9.17, 15) is 9.90 Å². The lowest BCUT2D eigenvalue weighted by molar-refractivity contribution is 0.00211. The first-order valence-electron chi connectivity index (χ1n) is 7.76. The van der Waals surface area contributed by atoms with Crippen LogP contribution in [0, 0.1) is 5.92 Å². The van der Waals surface area contributed by atoms with Crippen LogP contribution in [0.25, 0.3) is 0 Å². The van der Waals surface area contributed by atoms with Crippen LogP contribution in [-0.2, 0) is 9.47 Å². The van der Waals surface area contributed by atoms with E-state index in [0.717, 1.165) is 45.9 Å². The number of aliphatic hydroxyl groups excluding tert-OH is 1. The number of amides is 2. The average Bonchev–Trinajstić information content (AvgIpc) is 3.00. The monoisotopic (exact) mass is 301 g/mol. The molecule has 7 nitrogen and oxygen atoms in total. The van der Waals surface area contributed by atoms with Crippen molar-refractivity contribution < 1.29 is 19.4 Å². The van der Waals surface area contributed by atoms with E-state index in [4.69, 9.17) is 9.47 Å². The second-order valence-electron chi connectivity index (χ2n) is 5.78. The highest BCUT2D eigenvalue weighted by molar-refractivity contribution is 5.73. The van der Waals surface area contributed by atoms with Crippen molar-refractivity contribution in [2.24, 2.45) is 5.92 Å². The average molecular weight is 301 g/mol. The highest BCUT2D eigenvalue weighted by atomic mass is 16.5. The van der Waals surface area contributed by atoms with Crippen LogP contribution >= 0.6 is 0 Å². The number of carbonyl (C=O) groups excluding carboxylic acids is 1. The van der Waals surface area contributed by atoms with Gasteiger partial charge >= 0.3 is 6.03 Å². The number of hydrogen-bond acceptors (Lipinski definition) is 5. The van der Waals surface area contributed by atoms with Gasteiger partial charge in [-0.05, 0) is 13.3 Å². The molecule has 0 aromatic carbocycles. The zero-order valence-electron chi connectivity index (χ0n) is 12.7. The maximum atomic E-state index is 11.7. The maximum absolute atomic E-state index is 11.7. The van der Waals surface area contributed by atoms with Crippen LogP contribution in [0.3, 0.4) is 0 Å². The lowest BCUT2D eigenvalue weighted by Crippen LogP contribution is -2.53. The Hall–Kier alpha value is -0.890. The van der Waals surface area contributed by atoms with E-state index in [-0.39, 0.29) is 18.6 Å². The van der Waals surface area contributed by atoms with Gasteiger partial charge in [0.05, 0.1) is 25.9 Å². The third-order valence-corrected chi connectivity index (χ3v) is 4.05. The minimum absolute atomic E-state index is 0.229. The van der Waals surface area contributed by atoms with Crippen molar-refractivity contribution >= 4 is 6.03 Å². The first-order valence-corrected chi connectivity index (χ1v) is 7.76. The van der Waals surface area contributed by atoms with E-state index < -0.39 is 6.10 Å². The molecule has 0 bridgehead atoms. The van der Waals surface area contributed by atoms with E-state index >= 15 is 0 Å². The number of ether oxygens (including phenoxy) is 2. The molecule has 3 N–H and O–H groups in total. The SMILES string of the molecule is C[C@H](O)CNC(=O)NC[C@H]([C@H]1CCOC1)N1CCOCC1. The van der Waals surface area contributed by atoms with Crippen LogP contribution in [0.1, 0.15) is 13.3 Å². The highest BCUT2D eigenvalue weighted by Crippen LogP contribution is 2.21. The Balaban J connectivity index is 1.81. The minimum Gasteiger partial charge on any atom is -0.392 e. The summed E-state index contributed by atoms with van der Waals surface area (Å²) in [4.78, 5) is 14.1. The number of morpholine rings is 1. The summed E-state index contributed by atoms with van der Waals surface area (Å²) in [6, 6.07) is 0.0572. The van der Waals surface area contributed by atoms with Crippen LogP contribution in [0.2, 0.25) is 0 Å². The quantitative estimate of drug-likeness (QED) is 0.610. The Morgan fingerprint density at radius 3 is 2.57 bits per heavy atom. The molecular formula is C14H27N3O4. The van der Waals surface area contributed by atoms with Gasteiger partial charge in [0.25, 0.3) is 0 Å². The Labute approximate surface area is 126 Å². The molecule has 0 aliphatic carbocycles. The first-order chi connectivity index (χ1) is 10.2. The van der Waals surface area contributed by atoms with Crippen LogP contribution in [-0.4, -0.2) is 80.8 Å². The van der Waals surface area contributed by atoms with E-state index in [1.54, 1.807) is 6.92 Å². The largest absolute Gasteiger partial charge is 0.392 e. The van der Waals surface area contributed by atoms with Crippen molar-refractivity contribution in [2.75, 3.05) is 52.6 Å². The van der Waals surface area contributed by atoms with Crippen LogP contribution in [0.15, 0.2) is 0 Å². The van der Waals surface area contributed by atoms with Crippen LogP contribution in [0.4, 0.5) is 4.79 Å². The molecule has 2 rings (SSSR count). The normalized spacial score (nSPS) is 26.3. The summed E-state index contributed by atoms with van der Waals surface area (Å²) in [5.41, 5.74) is 0. The van der Waals surface area contributed by atoms with Crippen molar-refractivity contribution in [3.05, 3.63) is 0 Å². The van der Waals surface area contributed by atoms with E-state index in [0.29, 0.717) is 12.5 Å². The molecule has 0 spiro atoms. The molecule has 122 valence electrons. The van der Waals surface area contributed by atoms with Gasteiger partial charge in [0.15, 0.2) is 0 Å². The molecule has 2 fully saturated rings. The van der Waals surface area contributed by atoms with Crippen molar-refractivity contribution in [2.45, 2.75) is 25.5 Å². The van der Waals surface area contributed by atoms with Gasteiger partial charge in [-0.1, -0.05) is 0 Å². The molecular weight excluding hydrogens is 274 g/mol. The zero-order valence-corrected chi connectivity index (χ0v) is 12.7. The van der Waals surface area contributed by atoms with Crippen molar-refractivity contribution in [1.29, 1.82) is 0 Å². The second-order valence-corrected chi connectivity index (χ2v) is 5.78. The number of urea groups is 1. The van der Waals surface area contributed by atoms with Gasteiger partial charge in [-0.2, -0.15) is 0 Å². The Morgan fingerprint density at radius 1 is 1.24 bits per heavy atom. The predicted molar refractivity (Wildman–Crippen MR) is 78.2 cm³/mol. The molecule has 0 saturated carbocycles. The fourth-order valence-corrected chi connectivity index (χ4v) is 2.86. The number of rotatable bonds is 6. The standard InChI is InChI=1S/C14H27N3O4/c1-11(18)8-15-14(19)16-9-13(12-2-5-21-10-12)17-3-6-20-7-4-17/h11-13,18H,2-10H2,1H3,(H2,15,16,19)/t11-,12-,13+/m0/s1. The molecule has 0 unspecified atom stereocenters. The van der Waals surface area contributed by atoms with Gasteiger partial charge < -0.3 is 25.2 Å².